The third-order valence-electron chi connectivity index (χ3n) is 8.71. The van der Waals surface area contributed by atoms with Gasteiger partial charge in [-0.3, -0.25) is 9.59 Å². The van der Waals surface area contributed by atoms with Gasteiger partial charge in [0.2, 0.25) is 11.8 Å². The van der Waals surface area contributed by atoms with Gasteiger partial charge >= 0.3 is 12.1 Å². The second-order valence-electron chi connectivity index (χ2n) is 11.8. The molecule has 2 heterocycles. The number of carbonyl (C=O) groups is 4. The zero-order chi connectivity index (χ0) is 31.1. The summed E-state index contributed by atoms with van der Waals surface area (Å²) < 4.78 is 11.2. The van der Waals surface area contributed by atoms with Gasteiger partial charge < -0.3 is 30.1 Å². The molecule has 0 aromatic heterocycles. The van der Waals surface area contributed by atoms with Crippen molar-refractivity contribution >= 4 is 23.9 Å². The maximum atomic E-state index is 13.0. The Kier molecular flexibility index (Phi) is 10.3. The number of amides is 3. The van der Waals surface area contributed by atoms with Gasteiger partial charge in [-0.15, -0.1) is 0 Å². The summed E-state index contributed by atoms with van der Waals surface area (Å²) in [6, 6.07) is 15.0. The Labute approximate surface area is 257 Å². The number of alkyl carbamates (subject to hydrolysis) is 1. The number of cyclic esters (lactones) is 1. The molecule has 0 spiro atoms. The van der Waals surface area contributed by atoms with Gasteiger partial charge in [0, 0.05) is 18.9 Å². The fraction of sp³-hybridized carbons (Fsp3) is 0.471. The van der Waals surface area contributed by atoms with E-state index in [9.17, 15) is 24.3 Å². The summed E-state index contributed by atoms with van der Waals surface area (Å²) in [5.41, 5.74) is 4.44. The van der Waals surface area contributed by atoms with Crippen LogP contribution in [0.5, 0.6) is 0 Å². The van der Waals surface area contributed by atoms with Gasteiger partial charge in [0.05, 0.1) is 25.1 Å². The van der Waals surface area contributed by atoms with Crippen LogP contribution in [0.25, 0.3) is 11.1 Å². The minimum atomic E-state index is -0.933. The third-order valence-corrected chi connectivity index (χ3v) is 8.71. The molecule has 2 aromatic rings. The zero-order valence-corrected chi connectivity index (χ0v) is 25.1. The average Bonchev–Trinajstić information content (AvgIpc) is 3.64. The highest BCUT2D eigenvalue weighted by atomic mass is 16.6. The lowest BCUT2D eigenvalue weighted by Gasteiger charge is -2.25. The van der Waals surface area contributed by atoms with Crippen molar-refractivity contribution in [2.75, 3.05) is 26.3 Å². The van der Waals surface area contributed by atoms with Crippen molar-refractivity contribution in [2.24, 2.45) is 5.92 Å². The van der Waals surface area contributed by atoms with Crippen molar-refractivity contribution in [3.05, 3.63) is 71.8 Å². The molecule has 3 aliphatic rings. The first-order chi connectivity index (χ1) is 21.4. The molecule has 0 radical (unpaired) electrons. The molecule has 0 bridgehead atoms. The molecule has 1 aliphatic carbocycles. The molecule has 10 nitrogen and oxygen atoms in total. The molecule has 44 heavy (non-hydrogen) atoms. The molecular formula is C34H41N3O7. The first-order valence-corrected chi connectivity index (χ1v) is 15.5. The summed E-state index contributed by atoms with van der Waals surface area (Å²) in [6.07, 6.45) is 5.03. The molecule has 5 rings (SSSR count). The Balaban J connectivity index is 1.19. The van der Waals surface area contributed by atoms with Crippen LogP contribution in [0.15, 0.2) is 60.7 Å². The molecule has 234 valence electrons. The topological polar surface area (TPSA) is 134 Å². The molecule has 4 atom stereocenters. The lowest BCUT2D eigenvalue weighted by atomic mass is 9.98. The quantitative estimate of drug-likeness (QED) is 0.339. The predicted molar refractivity (Wildman–Crippen MR) is 163 cm³/mol. The van der Waals surface area contributed by atoms with Crippen LogP contribution < -0.4 is 10.6 Å². The van der Waals surface area contributed by atoms with Crippen molar-refractivity contribution in [3.63, 3.8) is 0 Å². The number of esters is 1. The number of hydrogen-bond acceptors (Lipinski definition) is 7. The molecule has 10 heteroatoms. The summed E-state index contributed by atoms with van der Waals surface area (Å²) >= 11 is 0. The molecule has 1 saturated heterocycles. The van der Waals surface area contributed by atoms with Crippen LogP contribution in [0.1, 0.15) is 62.5 Å². The first-order valence-electron chi connectivity index (χ1n) is 15.5. The molecule has 0 saturated carbocycles. The standard InChI is InChI=1S/C34H41N3O7/c1-22-19-35-32(40)23(18-31(39)37-17-9-11-24(37)20-38)10-3-2-4-16-30(33(41)44-22)36-34(42)43-21-29-27-14-7-5-12-25(27)26-13-6-8-15-28(26)29/h2-3,5-8,12-15,22-24,29-30,38H,4,9-11,16-21H2,1H3,(H,35,40)(H,36,42)/t22-,23+,24-,30-/m0/s1. The second kappa shape index (κ2) is 14.5. The van der Waals surface area contributed by atoms with E-state index >= 15 is 0 Å². The summed E-state index contributed by atoms with van der Waals surface area (Å²) in [7, 11) is 0. The summed E-state index contributed by atoms with van der Waals surface area (Å²) in [4.78, 5) is 53.6. The number of rotatable bonds is 6. The van der Waals surface area contributed by atoms with Crippen LogP contribution in [0.4, 0.5) is 4.79 Å². The molecule has 3 amide bonds. The first kappa shape index (κ1) is 31.3. The normalized spacial score (nSPS) is 24.2. The van der Waals surface area contributed by atoms with Gasteiger partial charge in [-0.05, 0) is 61.3 Å². The van der Waals surface area contributed by atoms with Crippen LogP contribution >= 0.6 is 0 Å². The highest BCUT2D eigenvalue weighted by molar-refractivity contribution is 5.86. The van der Waals surface area contributed by atoms with Crippen molar-refractivity contribution in [2.45, 2.75) is 69.6 Å². The number of aliphatic hydroxyl groups is 1. The maximum absolute atomic E-state index is 13.0. The Bertz CT molecular complexity index is 1350. The smallest absolute Gasteiger partial charge is 0.407 e. The monoisotopic (exact) mass is 603 g/mol. The van der Waals surface area contributed by atoms with Crippen LogP contribution in [-0.4, -0.2) is 78.4 Å². The van der Waals surface area contributed by atoms with Crippen LogP contribution in [0, 0.1) is 5.92 Å². The molecule has 3 N–H and O–H groups in total. The number of aliphatic hydroxyl groups excluding tert-OH is 1. The highest BCUT2D eigenvalue weighted by Crippen LogP contribution is 2.44. The van der Waals surface area contributed by atoms with Crippen LogP contribution in [0.3, 0.4) is 0 Å². The second-order valence-corrected chi connectivity index (χ2v) is 11.8. The number of benzene rings is 2. The number of nitrogens with zero attached hydrogens (tertiary/aromatic N) is 1. The number of nitrogens with one attached hydrogen (secondary N) is 2. The maximum Gasteiger partial charge on any atom is 0.407 e. The summed E-state index contributed by atoms with van der Waals surface area (Å²) in [6.45, 7) is 2.35. The largest absolute Gasteiger partial charge is 0.459 e. The SMILES string of the molecule is C[C@H]1CNC(=O)[C@@H](CC(=O)N2CCC[C@H]2CO)CC=CCC[C@H](NC(=O)OCC2c3ccccc3-c3ccccc32)C(=O)O1. The van der Waals surface area contributed by atoms with E-state index in [4.69, 9.17) is 9.47 Å². The van der Waals surface area contributed by atoms with Crippen molar-refractivity contribution < 1.29 is 33.8 Å². The van der Waals surface area contributed by atoms with Gasteiger partial charge in [-0.25, -0.2) is 9.59 Å². The van der Waals surface area contributed by atoms with E-state index in [0.29, 0.717) is 19.4 Å². The fourth-order valence-electron chi connectivity index (χ4n) is 6.35. The van der Waals surface area contributed by atoms with Crippen LogP contribution in [-0.2, 0) is 23.9 Å². The number of ether oxygens (including phenoxy) is 2. The Morgan fingerprint density at radius 3 is 2.45 bits per heavy atom. The average molecular weight is 604 g/mol. The van der Waals surface area contributed by atoms with Crippen molar-refractivity contribution in [1.29, 1.82) is 0 Å². The summed E-state index contributed by atoms with van der Waals surface area (Å²) in [5, 5.41) is 15.1. The van der Waals surface area contributed by atoms with Gasteiger partial charge in [0.1, 0.15) is 18.8 Å². The van der Waals surface area contributed by atoms with Gasteiger partial charge in [0.15, 0.2) is 0 Å². The fourth-order valence-corrected chi connectivity index (χ4v) is 6.35. The number of likely N-dealkylation sites (tertiary alicyclic amines) is 1. The highest BCUT2D eigenvalue weighted by Gasteiger charge is 2.33. The van der Waals surface area contributed by atoms with Gasteiger partial charge in [-0.1, -0.05) is 60.7 Å². The number of carbonyl (C=O) groups excluding carboxylic acids is 4. The van der Waals surface area contributed by atoms with Crippen molar-refractivity contribution in [1.82, 2.24) is 15.5 Å². The van der Waals surface area contributed by atoms with E-state index in [-0.39, 0.29) is 56.4 Å². The predicted octanol–water partition coefficient (Wildman–Crippen LogP) is 3.67. The van der Waals surface area contributed by atoms with E-state index < -0.39 is 30.1 Å². The Morgan fingerprint density at radius 1 is 1.05 bits per heavy atom. The molecule has 2 aromatic carbocycles. The zero-order valence-electron chi connectivity index (χ0n) is 25.1. The number of hydrogen-bond donors (Lipinski definition) is 3. The molecule has 2 aliphatic heterocycles. The minimum absolute atomic E-state index is 0.0345. The third kappa shape index (κ3) is 7.30. The number of allylic oxidation sites excluding steroid dienone is 2. The van der Waals surface area contributed by atoms with E-state index in [2.05, 4.69) is 22.8 Å². The van der Waals surface area contributed by atoms with E-state index in [1.165, 1.54) is 0 Å². The Hall–Kier alpha value is -4.18. The Morgan fingerprint density at radius 2 is 1.75 bits per heavy atom. The molecular weight excluding hydrogens is 562 g/mol. The van der Waals surface area contributed by atoms with E-state index in [0.717, 1.165) is 35.1 Å². The summed E-state index contributed by atoms with van der Waals surface area (Å²) in [5.74, 6) is -1.74. The molecule has 0 unspecified atom stereocenters. The van der Waals surface area contributed by atoms with Gasteiger partial charge in [-0.2, -0.15) is 0 Å². The lowest BCUT2D eigenvalue weighted by molar-refractivity contribution is -0.151. The van der Waals surface area contributed by atoms with E-state index in [1.54, 1.807) is 11.8 Å². The van der Waals surface area contributed by atoms with Crippen LogP contribution in [0.2, 0.25) is 0 Å². The van der Waals surface area contributed by atoms with Crippen molar-refractivity contribution in [3.8, 4) is 11.1 Å². The lowest BCUT2D eigenvalue weighted by Crippen LogP contribution is -2.45. The van der Waals surface area contributed by atoms with Gasteiger partial charge in [0.25, 0.3) is 0 Å². The van der Waals surface area contributed by atoms with E-state index in [1.807, 2.05) is 48.6 Å². The minimum Gasteiger partial charge on any atom is -0.459 e. The molecule has 1 fully saturated rings. The number of fused-ring (bicyclic) bond motifs is 3.